The fourth-order valence-electron chi connectivity index (χ4n) is 5.10. The van der Waals surface area contributed by atoms with Gasteiger partial charge in [-0.25, -0.2) is 8.78 Å². The monoisotopic (exact) mass is 662 g/mol. The van der Waals surface area contributed by atoms with Crippen molar-refractivity contribution in [2.45, 2.75) is 63.6 Å². The summed E-state index contributed by atoms with van der Waals surface area (Å²) < 4.78 is 37.9. The summed E-state index contributed by atoms with van der Waals surface area (Å²) in [6.45, 7) is 6.31. The van der Waals surface area contributed by atoms with Gasteiger partial charge in [0.2, 0.25) is 0 Å². The highest BCUT2D eigenvalue weighted by molar-refractivity contribution is 14.1. The van der Waals surface area contributed by atoms with Crippen molar-refractivity contribution in [3.05, 3.63) is 73.0 Å². The largest absolute Gasteiger partial charge is 0.409 e. The third-order valence-corrected chi connectivity index (χ3v) is 8.50. The van der Waals surface area contributed by atoms with Crippen molar-refractivity contribution in [3.63, 3.8) is 0 Å². The number of alkyl halides is 2. The molecule has 0 amide bonds. The zero-order valence-corrected chi connectivity index (χ0v) is 24.8. The van der Waals surface area contributed by atoms with Crippen molar-refractivity contribution in [3.8, 4) is 0 Å². The van der Waals surface area contributed by atoms with Gasteiger partial charge in [-0.3, -0.25) is 0 Å². The molecule has 37 heavy (non-hydrogen) atoms. The molecule has 1 saturated carbocycles. The summed E-state index contributed by atoms with van der Waals surface area (Å²) in [6, 6.07) is 12.6. The lowest BCUT2D eigenvalue weighted by atomic mass is 9.94. The maximum atomic E-state index is 15.4. The molecular formula is C28H31Cl2F2IN2O2. The van der Waals surface area contributed by atoms with Crippen molar-refractivity contribution < 1.29 is 18.4 Å². The topological polar surface area (TPSA) is 24.9 Å². The summed E-state index contributed by atoms with van der Waals surface area (Å²) in [6.07, 6.45) is 1.05. The number of ether oxygens (including phenoxy) is 1. The van der Waals surface area contributed by atoms with E-state index in [0.29, 0.717) is 16.6 Å². The predicted octanol–water partition coefficient (Wildman–Crippen LogP) is 8.28. The van der Waals surface area contributed by atoms with Crippen LogP contribution in [0.5, 0.6) is 0 Å². The molecule has 0 aromatic heterocycles. The molecule has 2 atom stereocenters. The lowest BCUT2D eigenvalue weighted by molar-refractivity contribution is -0.182. The zero-order chi connectivity index (χ0) is 26.5. The Hall–Kier alpha value is -1.13. The van der Waals surface area contributed by atoms with Crippen molar-refractivity contribution in [2.24, 2.45) is 5.92 Å². The highest BCUT2D eigenvalue weighted by Gasteiger charge is 2.50. The van der Waals surface area contributed by atoms with E-state index in [1.165, 1.54) is 0 Å². The van der Waals surface area contributed by atoms with Crippen LogP contribution in [0, 0.1) is 9.49 Å². The Morgan fingerprint density at radius 2 is 1.70 bits per heavy atom. The minimum atomic E-state index is -3.00. The van der Waals surface area contributed by atoms with Crippen molar-refractivity contribution in [1.29, 1.82) is 0 Å². The molecule has 2 aromatic rings. The van der Waals surface area contributed by atoms with E-state index in [2.05, 4.69) is 22.6 Å². The molecule has 1 aliphatic carbocycles. The van der Waals surface area contributed by atoms with Crippen LogP contribution in [0.2, 0.25) is 10.0 Å². The van der Waals surface area contributed by atoms with Gasteiger partial charge in [0.05, 0.1) is 13.2 Å². The standard InChI is InChI=1S/C28H31Cl2F2IN2O2/c1-27(2,3)35-25(24-21(29)5-4-6-22(24)30)20(26(37-35)17-7-8-17)15-36-23-13-14-34(16-28(23,31)32)19-11-9-18(33)10-12-19/h4-6,9-12,17,23,25H,7-8,13-16H2,1-3H3. The van der Waals surface area contributed by atoms with Gasteiger partial charge in [0, 0.05) is 48.4 Å². The first-order valence-corrected chi connectivity index (χ1v) is 14.4. The predicted molar refractivity (Wildman–Crippen MR) is 152 cm³/mol. The molecule has 3 aliphatic rings. The SMILES string of the molecule is CC(C)(C)N1OC(C2CC2)=C(COC2CCN(c3ccc(I)cc3)CC2(F)F)C1c1c(Cl)cccc1Cl. The molecule has 2 heterocycles. The van der Waals surface area contributed by atoms with Crippen LogP contribution in [0.3, 0.4) is 0 Å². The summed E-state index contributed by atoms with van der Waals surface area (Å²) in [4.78, 5) is 8.17. The Kier molecular flexibility index (Phi) is 7.75. The minimum absolute atomic E-state index is 0.0361. The van der Waals surface area contributed by atoms with Crippen LogP contribution in [-0.4, -0.2) is 42.3 Å². The smallest absolute Gasteiger partial charge is 0.290 e. The fraction of sp³-hybridized carbons (Fsp3) is 0.500. The van der Waals surface area contributed by atoms with E-state index in [9.17, 15) is 0 Å². The molecule has 0 radical (unpaired) electrons. The normalized spacial score (nSPS) is 24.5. The van der Waals surface area contributed by atoms with Gasteiger partial charge in [0.1, 0.15) is 17.9 Å². The summed E-state index contributed by atoms with van der Waals surface area (Å²) in [7, 11) is 0. The number of benzene rings is 2. The maximum Gasteiger partial charge on any atom is 0.290 e. The first kappa shape index (κ1) is 27.4. The highest BCUT2D eigenvalue weighted by Crippen LogP contribution is 2.52. The van der Waals surface area contributed by atoms with Crippen molar-refractivity contribution in [2.75, 3.05) is 24.6 Å². The molecule has 0 N–H and O–H groups in total. The first-order chi connectivity index (χ1) is 17.5. The van der Waals surface area contributed by atoms with Gasteiger partial charge in [0.15, 0.2) is 0 Å². The minimum Gasteiger partial charge on any atom is -0.409 e. The van der Waals surface area contributed by atoms with Gasteiger partial charge >= 0.3 is 0 Å². The Labute approximate surface area is 241 Å². The number of allylic oxidation sites excluding steroid dienone is 1. The van der Waals surface area contributed by atoms with E-state index >= 15 is 8.78 Å². The number of piperidine rings is 1. The molecule has 4 nitrogen and oxygen atoms in total. The van der Waals surface area contributed by atoms with Gasteiger partial charge in [-0.2, -0.15) is 0 Å². The quantitative estimate of drug-likeness (QED) is 0.291. The molecule has 5 rings (SSSR count). The molecule has 2 unspecified atom stereocenters. The molecule has 2 aliphatic heterocycles. The Balaban J connectivity index is 1.40. The summed E-state index contributed by atoms with van der Waals surface area (Å²) >= 11 is 15.5. The summed E-state index contributed by atoms with van der Waals surface area (Å²) in [5, 5.41) is 2.92. The molecule has 1 saturated heterocycles. The molecule has 200 valence electrons. The number of hydrogen-bond acceptors (Lipinski definition) is 4. The second-order valence-electron chi connectivity index (χ2n) is 11.0. The summed E-state index contributed by atoms with van der Waals surface area (Å²) in [5.41, 5.74) is 1.96. The number of halogens is 5. The lowest BCUT2D eigenvalue weighted by Crippen LogP contribution is -2.53. The number of hydroxylamine groups is 2. The van der Waals surface area contributed by atoms with Crippen LogP contribution in [0.25, 0.3) is 0 Å². The second-order valence-corrected chi connectivity index (χ2v) is 13.1. The van der Waals surface area contributed by atoms with Crippen LogP contribution in [-0.2, 0) is 9.57 Å². The molecule has 9 heteroatoms. The number of rotatable bonds is 6. The Bertz CT molecular complexity index is 1160. The van der Waals surface area contributed by atoms with E-state index < -0.39 is 23.6 Å². The number of nitrogens with zero attached hydrogens (tertiary/aromatic N) is 2. The highest BCUT2D eigenvalue weighted by atomic mass is 127. The van der Waals surface area contributed by atoms with E-state index in [4.69, 9.17) is 32.8 Å². The molecule has 2 aromatic carbocycles. The van der Waals surface area contributed by atoms with Gasteiger partial charge in [-0.15, -0.1) is 5.06 Å². The van der Waals surface area contributed by atoms with Crippen LogP contribution >= 0.6 is 45.8 Å². The maximum absolute atomic E-state index is 15.4. The molecule has 0 bridgehead atoms. The summed E-state index contributed by atoms with van der Waals surface area (Å²) in [5.74, 6) is -1.92. The third kappa shape index (κ3) is 5.76. The molecular weight excluding hydrogens is 632 g/mol. The average molecular weight is 663 g/mol. The van der Waals surface area contributed by atoms with Gasteiger partial charge < -0.3 is 14.5 Å². The average Bonchev–Trinajstić information content (AvgIpc) is 3.59. The Morgan fingerprint density at radius 3 is 2.27 bits per heavy atom. The van der Waals surface area contributed by atoms with Crippen LogP contribution < -0.4 is 4.90 Å². The van der Waals surface area contributed by atoms with Crippen molar-refractivity contribution in [1.82, 2.24) is 5.06 Å². The number of hydrogen-bond donors (Lipinski definition) is 0. The lowest BCUT2D eigenvalue weighted by Gasteiger charge is -2.40. The molecule has 0 spiro atoms. The number of anilines is 1. The Morgan fingerprint density at radius 1 is 1.05 bits per heavy atom. The van der Waals surface area contributed by atoms with Crippen molar-refractivity contribution >= 4 is 51.5 Å². The van der Waals surface area contributed by atoms with Gasteiger partial charge in [0.25, 0.3) is 5.92 Å². The van der Waals surface area contributed by atoms with E-state index in [1.54, 1.807) is 23.1 Å². The van der Waals surface area contributed by atoms with Crippen LogP contribution in [0.15, 0.2) is 53.8 Å². The van der Waals surface area contributed by atoms with E-state index in [1.807, 2.05) is 50.1 Å². The van der Waals surface area contributed by atoms with Gasteiger partial charge in [-0.1, -0.05) is 29.3 Å². The van der Waals surface area contributed by atoms with Gasteiger partial charge in [-0.05, 0) is 99.0 Å². The molecule has 2 fully saturated rings. The second kappa shape index (κ2) is 10.5. The zero-order valence-electron chi connectivity index (χ0n) is 21.1. The van der Waals surface area contributed by atoms with Crippen LogP contribution in [0.4, 0.5) is 14.5 Å². The van der Waals surface area contributed by atoms with Crippen LogP contribution in [0.1, 0.15) is 51.6 Å². The first-order valence-electron chi connectivity index (χ1n) is 12.6. The van der Waals surface area contributed by atoms with E-state index in [-0.39, 0.29) is 25.5 Å². The third-order valence-electron chi connectivity index (χ3n) is 7.13. The fourth-order valence-corrected chi connectivity index (χ4v) is 6.06. The van der Waals surface area contributed by atoms with E-state index in [0.717, 1.165) is 39.0 Å².